The highest BCUT2D eigenvalue weighted by Gasteiger charge is 2.26. The van der Waals surface area contributed by atoms with E-state index in [0.29, 0.717) is 31.6 Å². The quantitative estimate of drug-likeness (QED) is 0.894. The van der Waals surface area contributed by atoms with Crippen molar-refractivity contribution in [2.24, 2.45) is 0 Å². The Morgan fingerprint density at radius 3 is 2.50 bits per heavy atom. The number of nitrogens with zero attached hydrogens (tertiary/aromatic N) is 3. The molecule has 0 aliphatic carbocycles. The Kier molecular flexibility index (Phi) is 4.68. The van der Waals surface area contributed by atoms with Gasteiger partial charge in [0.25, 0.3) is 5.91 Å². The fourth-order valence-corrected chi connectivity index (χ4v) is 3.72. The number of hydrogen-bond acceptors (Lipinski definition) is 4. The van der Waals surface area contributed by atoms with Crippen LogP contribution in [0.1, 0.15) is 23.3 Å². The highest BCUT2D eigenvalue weighted by atomic mass is 32.2. The summed E-state index contributed by atoms with van der Waals surface area (Å²) < 4.78 is 26.2. The van der Waals surface area contributed by atoms with E-state index in [2.05, 4.69) is 10.3 Å². The predicted molar refractivity (Wildman–Crippen MR) is 90.5 cm³/mol. The Labute approximate surface area is 141 Å². The van der Waals surface area contributed by atoms with Gasteiger partial charge in [0.15, 0.2) is 0 Å². The van der Waals surface area contributed by atoms with Gasteiger partial charge in [0.2, 0.25) is 10.0 Å². The lowest BCUT2D eigenvalue weighted by Gasteiger charge is -2.30. The van der Waals surface area contributed by atoms with Gasteiger partial charge in [-0.3, -0.25) is 9.36 Å². The third-order valence-electron chi connectivity index (χ3n) is 4.16. The fourth-order valence-electron chi connectivity index (χ4n) is 2.85. The largest absolute Gasteiger partial charge is 0.348 e. The van der Waals surface area contributed by atoms with Crippen molar-refractivity contribution in [3.63, 3.8) is 0 Å². The summed E-state index contributed by atoms with van der Waals surface area (Å²) in [6, 6.07) is 9.49. The van der Waals surface area contributed by atoms with Gasteiger partial charge in [-0.05, 0) is 25.0 Å². The van der Waals surface area contributed by atoms with Crippen LogP contribution in [0.3, 0.4) is 0 Å². The summed E-state index contributed by atoms with van der Waals surface area (Å²) in [5, 5.41) is 2.98. The minimum absolute atomic E-state index is 0.0328. The van der Waals surface area contributed by atoms with Crippen LogP contribution in [0.15, 0.2) is 42.9 Å². The molecule has 1 fully saturated rings. The molecule has 1 saturated heterocycles. The molecule has 8 heteroatoms. The molecule has 0 bridgehead atoms. The average Bonchev–Trinajstić information content (AvgIpc) is 3.05. The van der Waals surface area contributed by atoms with Gasteiger partial charge in [0.05, 0.1) is 18.8 Å². The van der Waals surface area contributed by atoms with Gasteiger partial charge in [-0.15, -0.1) is 0 Å². The molecule has 0 unspecified atom stereocenters. The predicted octanol–water partition coefficient (Wildman–Crippen LogP) is 1.03. The van der Waals surface area contributed by atoms with Crippen LogP contribution in [-0.4, -0.2) is 53.6 Å². The Hall–Kier alpha value is -2.19. The van der Waals surface area contributed by atoms with Crippen LogP contribution < -0.4 is 5.32 Å². The molecular formula is C16H20N4O3S. The topological polar surface area (TPSA) is 84.3 Å². The summed E-state index contributed by atoms with van der Waals surface area (Å²) in [6.07, 6.45) is 5.57. The fraction of sp³-hybridized carbons (Fsp3) is 0.375. The van der Waals surface area contributed by atoms with E-state index in [-0.39, 0.29) is 11.9 Å². The first-order valence-corrected chi connectivity index (χ1v) is 9.64. The smallest absolute Gasteiger partial charge is 0.270 e. The lowest BCUT2D eigenvalue weighted by Crippen LogP contribution is -2.46. The maximum absolute atomic E-state index is 12.5. The van der Waals surface area contributed by atoms with Crippen molar-refractivity contribution in [2.75, 3.05) is 19.3 Å². The summed E-state index contributed by atoms with van der Waals surface area (Å²) in [4.78, 5) is 16.6. The van der Waals surface area contributed by atoms with Crippen molar-refractivity contribution in [3.05, 3.63) is 48.5 Å². The molecule has 2 aromatic rings. The molecule has 128 valence electrons. The second-order valence-corrected chi connectivity index (χ2v) is 7.88. The zero-order valence-electron chi connectivity index (χ0n) is 13.4. The van der Waals surface area contributed by atoms with Crippen LogP contribution in [0.5, 0.6) is 0 Å². The van der Waals surface area contributed by atoms with Crippen molar-refractivity contribution in [2.45, 2.75) is 18.9 Å². The SMILES string of the molecule is CS(=O)(=O)N1CCC(NC(=O)c2cncn2-c2ccccc2)CC1. The average molecular weight is 348 g/mol. The standard InChI is InChI=1S/C16H20N4O3S/c1-24(22,23)19-9-7-13(8-10-19)18-16(21)15-11-17-12-20(15)14-5-3-2-4-6-14/h2-6,11-13H,7-10H2,1H3,(H,18,21). The number of aromatic nitrogens is 2. The van der Waals surface area contributed by atoms with E-state index < -0.39 is 10.0 Å². The maximum atomic E-state index is 12.5. The molecule has 0 spiro atoms. The van der Waals surface area contributed by atoms with Crippen molar-refractivity contribution >= 4 is 15.9 Å². The van der Waals surface area contributed by atoms with Crippen molar-refractivity contribution < 1.29 is 13.2 Å². The Balaban J connectivity index is 1.66. The number of carbonyl (C=O) groups is 1. The van der Waals surface area contributed by atoms with E-state index in [1.807, 2.05) is 30.3 Å². The van der Waals surface area contributed by atoms with E-state index in [0.717, 1.165) is 5.69 Å². The molecule has 3 rings (SSSR count). The van der Waals surface area contributed by atoms with Crippen LogP contribution in [0, 0.1) is 0 Å². The van der Waals surface area contributed by atoms with E-state index in [4.69, 9.17) is 0 Å². The molecule has 1 aromatic heterocycles. The van der Waals surface area contributed by atoms with Gasteiger partial charge in [-0.1, -0.05) is 18.2 Å². The number of amides is 1. The Morgan fingerprint density at radius 1 is 1.21 bits per heavy atom. The number of carbonyl (C=O) groups excluding carboxylic acids is 1. The third-order valence-corrected chi connectivity index (χ3v) is 5.47. The number of para-hydroxylation sites is 1. The maximum Gasteiger partial charge on any atom is 0.270 e. The number of sulfonamides is 1. The molecule has 2 heterocycles. The van der Waals surface area contributed by atoms with Crippen LogP contribution in [0.4, 0.5) is 0 Å². The summed E-state index contributed by atoms with van der Waals surface area (Å²) >= 11 is 0. The highest BCUT2D eigenvalue weighted by molar-refractivity contribution is 7.88. The van der Waals surface area contributed by atoms with E-state index in [1.54, 1.807) is 10.9 Å². The van der Waals surface area contributed by atoms with Crippen LogP contribution >= 0.6 is 0 Å². The summed E-state index contributed by atoms with van der Waals surface area (Å²) in [7, 11) is -3.16. The summed E-state index contributed by atoms with van der Waals surface area (Å²) in [5.41, 5.74) is 1.33. The lowest BCUT2D eigenvalue weighted by atomic mass is 10.1. The van der Waals surface area contributed by atoms with Gasteiger partial charge >= 0.3 is 0 Å². The molecule has 24 heavy (non-hydrogen) atoms. The molecule has 1 aliphatic heterocycles. The first-order chi connectivity index (χ1) is 11.4. The molecule has 1 amide bonds. The number of piperidine rings is 1. The minimum atomic E-state index is -3.16. The van der Waals surface area contributed by atoms with Crippen molar-refractivity contribution in [1.82, 2.24) is 19.2 Å². The number of hydrogen-bond donors (Lipinski definition) is 1. The number of nitrogens with one attached hydrogen (secondary N) is 1. The third kappa shape index (κ3) is 3.65. The second-order valence-electron chi connectivity index (χ2n) is 5.89. The van der Waals surface area contributed by atoms with Gasteiger partial charge in [0, 0.05) is 24.8 Å². The Morgan fingerprint density at radius 2 is 1.88 bits per heavy atom. The number of benzene rings is 1. The molecule has 7 nitrogen and oxygen atoms in total. The normalized spacial score (nSPS) is 16.9. The zero-order chi connectivity index (χ0) is 17.2. The molecule has 0 atom stereocenters. The minimum Gasteiger partial charge on any atom is -0.348 e. The summed E-state index contributed by atoms with van der Waals surface area (Å²) in [6.45, 7) is 0.865. The molecule has 1 aromatic carbocycles. The molecular weight excluding hydrogens is 328 g/mol. The number of rotatable bonds is 4. The van der Waals surface area contributed by atoms with Gasteiger partial charge in [-0.25, -0.2) is 17.7 Å². The first kappa shape index (κ1) is 16.7. The molecule has 1 N–H and O–H groups in total. The van der Waals surface area contributed by atoms with Crippen LogP contribution in [0.2, 0.25) is 0 Å². The summed E-state index contributed by atoms with van der Waals surface area (Å²) in [5.74, 6) is -0.200. The van der Waals surface area contributed by atoms with Gasteiger partial charge in [0.1, 0.15) is 5.69 Å². The van der Waals surface area contributed by atoms with Crippen molar-refractivity contribution in [3.8, 4) is 5.69 Å². The van der Waals surface area contributed by atoms with Crippen molar-refractivity contribution in [1.29, 1.82) is 0 Å². The van der Waals surface area contributed by atoms with Gasteiger partial charge < -0.3 is 5.32 Å². The molecule has 0 radical (unpaired) electrons. The second kappa shape index (κ2) is 6.74. The lowest BCUT2D eigenvalue weighted by molar-refractivity contribution is 0.0917. The highest BCUT2D eigenvalue weighted by Crippen LogP contribution is 2.15. The zero-order valence-corrected chi connectivity index (χ0v) is 14.2. The monoisotopic (exact) mass is 348 g/mol. The Bertz CT molecular complexity index is 809. The van der Waals surface area contributed by atoms with E-state index in [9.17, 15) is 13.2 Å². The van der Waals surface area contributed by atoms with Gasteiger partial charge in [-0.2, -0.15) is 0 Å². The van der Waals surface area contributed by atoms with Crippen LogP contribution in [-0.2, 0) is 10.0 Å². The van der Waals surface area contributed by atoms with E-state index >= 15 is 0 Å². The first-order valence-electron chi connectivity index (χ1n) is 7.79. The van der Waals surface area contributed by atoms with E-state index in [1.165, 1.54) is 16.8 Å². The molecule has 0 saturated carbocycles. The van der Waals surface area contributed by atoms with Crippen LogP contribution in [0.25, 0.3) is 5.69 Å². The number of imidazole rings is 1. The molecule has 1 aliphatic rings.